The molecule has 1 N–H and O–H groups in total. The summed E-state index contributed by atoms with van der Waals surface area (Å²) in [7, 11) is 4.51. The minimum Gasteiger partial charge on any atom is -0.493 e. The highest BCUT2D eigenvalue weighted by Gasteiger charge is 2.22. The largest absolute Gasteiger partial charge is 0.493 e. The van der Waals surface area contributed by atoms with Crippen LogP contribution < -0.4 is 19.5 Å². The molecule has 0 radical (unpaired) electrons. The Kier molecular flexibility index (Phi) is 5.02. The minimum absolute atomic E-state index is 0.296. The number of furan rings is 1. The van der Waals surface area contributed by atoms with Crippen molar-refractivity contribution in [3.05, 3.63) is 53.8 Å². The van der Waals surface area contributed by atoms with Gasteiger partial charge in [-0.3, -0.25) is 4.79 Å². The highest BCUT2D eigenvalue weighted by Crippen LogP contribution is 2.39. The number of ether oxygens (including phenoxy) is 3. The molecule has 0 bridgehead atoms. The van der Waals surface area contributed by atoms with Gasteiger partial charge in [-0.1, -0.05) is 18.2 Å². The molecule has 1 amide bonds. The SMILES string of the molecule is COc1ccc(C(=O)N[C@@H](C)c2cc3ccccc3o2)c(OC)c1OC. The first-order chi connectivity index (χ1) is 12.6. The van der Waals surface area contributed by atoms with Crippen molar-refractivity contribution in [2.75, 3.05) is 21.3 Å². The standard InChI is InChI=1S/C20H21NO5/c1-12(17-11-13-7-5-6-8-15(13)26-17)21-20(22)14-9-10-16(23-2)19(25-4)18(14)24-3/h5-12H,1-4H3,(H,21,22)/t12-/m0/s1. The molecule has 1 heterocycles. The number of amides is 1. The highest BCUT2D eigenvalue weighted by molar-refractivity contribution is 5.98. The van der Waals surface area contributed by atoms with Crippen molar-refractivity contribution in [2.45, 2.75) is 13.0 Å². The van der Waals surface area contributed by atoms with Gasteiger partial charge in [-0.15, -0.1) is 0 Å². The predicted octanol–water partition coefficient (Wildman–Crippen LogP) is 3.95. The molecule has 0 unspecified atom stereocenters. The van der Waals surface area contributed by atoms with E-state index in [4.69, 9.17) is 18.6 Å². The Hall–Kier alpha value is -3.15. The number of carbonyl (C=O) groups is 1. The number of fused-ring (bicyclic) bond motifs is 1. The van der Waals surface area contributed by atoms with Crippen LogP contribution in [0, 0.1) is 0 Å². The molecule has 0 aliphatic rings. The van der Waals surface area contributed by atoms with Crippen LogP contribution in [-0.4, -0.2) is 27.2 Å². The van der Waals surface area contributed by atoms with E-state index in [1.165, 1.54) is 21.3 Å². The fourth-order valence-corrected chi connectivity index (χ4v) is 2.84. The number of nitrogens with one attached hydrogen (secondary N) is 1. The van der Waals surface area contributed by atoms with Crippen molar-refractivity contribution in [3.63, 3.8) is 0 Å². The summed E-state index contributed by atoms with van der Waals surface area (Å²) >= 11 is 0. The molecule has 0 fully saturated rings. The quantitative estimate of drug-likeness (QED) is 0.725. The molecule has 6 heteroatoms. The van der Waals surface area contributed by atoms with E-state index >= 15 is 0 Å². The Bertz CT molecular complexity index is 898. The molecule has 1 atom stereocenters. The number of methoxy groups -OCH3 is 3. The third-order valence-corrected chi connectivity index (χ3v) is 4.17. The molecule has 6 nitrogen and oxygen atoms in total. The number of rotatable bonds is 6. The maximum atomic E-state index is 12.8. The molecule has 0 saturated carbocycles. The summed E-state index contributed by atoms with van der Waals surface area (Å²) in [5.74, 6) is 1.57. The molecule has 0 aliphatic carbocycles. The zero-order valence-corrected chi connectivity index (χ0v) is 15.2. The van der Waals surface area contributed by atoms with E-state index in [0.717, 1.165) is 11.0 Å². The van der Waals surface area contributed by atoms with Gasteiger partial charge in [0.2, 0.25) is 5.75 Å². The maximum Gasteiger partial charge on any atom is 0.255 e. The Labute approximate surface area is 151 Å². The van der Waals surface area contributed by atoms with Gasteiger partial charge in [-0.25, -0.2) is 0 Å². The van der Waals surface area contributed by atoms with Crippen LogP contribution in [-0.2, 0) is 0 Å². The summed E-state index contributed by atoms with van der Waals surface area (Å²) in [6.07, 6.45) is 0. The number of hydrogen-bond donors (Lipinski definition) is 1. The van der Waals surface area contributed by atoms with Crippen LogP contribution in [0.1, 0.15) is 29.1 Å². The number of benzene rings is 2. The van der Waals surface area contributed by atoms with E-state index in [1.54, 1.807) is 12.1 Å². The van der Waals surface area contributed by atoms with E-state index < -0.39 is 0 Å². The summed E-state index contributed by atoms with van der Waals surface area (Å²) in [5, 5.41) is 3.92. The van der Waals surface area contributed by atoms with Crippen LogP contribution in [0.2, 0.25) is 0 Å². The Balaban J connectivity index is 1.87. The average Bonchev–Trinajstić information content (AvgIpc) is 3.10. The van der Waals surface area contributed by atoms with E-state index in [0.29, 0.717) is 28.6 Å². The second kappa shape index (κ2) is 7.39. The normalized spacial score (nSPS) is 11.8. The monoisotopic (exact) mass is 355 g/mol. The molecule has 0 aliphatic heterocycles. The van der Waals surface area contributed by atoms with Crippen molar-refractivity contribution in [3.8, 4) is 17.2 Å². The van der Waals surface area contributed by atoms with Crippen LogP contribution in [0.15, 0.2) is 46.9 Å². The zero-order valence-electron chi connectivity index (χ0n) is 15.2. The summed E-state index contributed by atoms with van der Waals surface area (Å²) in [6.45, 7) is 1.86. The van der Waals surface area contributed by atoms with Crippen LogP contribution in [0.25, 0.3) is 11.0 Å². The van der Waals surface area contributed by atoms with Gasteiger partial charge in [-0.2, -0.15) is 0 Å². The Morgan fingerprint density at radius 3 is 2.38 bits per heavy atom. The van der Waals surface area contributed by atoms with E-state index in [2.05, 4.69) is 5.32 Å². The first kappa shape index (κ1) is 17.7. The summed E-state index contributed by atoms with van der Waals surface area (Å²) in [5.41, 5.74) is 1.14. The van der Waals surface area contributed by atoms with Crippen LogP contribution in [0.4, 0.5) is 0 Å². The van der Waals surface area contributed by atoms with Crippen molar-refractivity contribution in [1.29, 1.82) is 0 Å². The van der Waals surface area contributed by atoms with Crippen molar-refractivity contribution in [1.82, 2.24) is 5.32 Å². The number of carbonyl (C=O) groups excluding carboxylic acids is 1. The van der Waals surface area contributed by atoms with Gasteiger partial charge in [0.25, 0.3) is 5.91 Å². The number of para-hydroxylation sites is 1. The average molecular weight is 355 g/mol. The first-order valence-corrected chi connectivity index (χ1v) is 8.17. The van der Waals surface area contributed by atoms with Gasteiger partial charge in [-0.05, 0) is 31.2 Å². The summed E-state index contributed by atoms with van der Waals surface area (Å²) < 4.78 is 21.8. The molecule has 3 rings (SSSR count). The second-order valence-electron chi connectivity index (χ2n) is 5.76. The van der Waals surface area contributed by atoms with Crippen LogP contribution in [0.5, 0.6) is 17.2 Å². The molecule has 2 aromatic carbocycles. The van der Waals surface area contributed by atoms with Crippen molar-refractivity contribution in [2.24, 2.45) is 0 Å². The third kappa shape index (κ3) is 3.18. The third-order valence-electron chi connectivity index (χ3n) is 4.17. The Morgan fingerprint density at radius 2 is 1.73 bits per heavy atom. The fourth-order valence-electron chi connectivity index (χ4n) is 2.84. The molecule has 136 valence electrons. The van der Waals surface area contributed by atoms with Crippen LogP contribution in [0.3, 0.4) is 0 Å². The molecule has 0 saturated heterocycles. The lowest BCUT2D eigenvalue weighted by atomic mass is 10.1. The second-order valence-corrected chi connectivity index (χ2v) is 5.76. The predicted molar refractivity (Wildman–Crippen MR) is 98.2 cm³/mol. The number of hydrogen-bond acceptors (Lipinski definition) is 5. The van der Waals surface area contributed by atoms with Crippen LogP contribution >= 0.6 is 0 Å². The lowest BCUT2D eigenvalue weighted by Gasteiger charge is -2.17. The topological polar surface area (TPSA) is 69.9 Å². The lowest BCUT2D eigenvalue weighted by molar-refractivity contribution is 0.0932. The molecular formula is C20H21NO5. The molecular weight excluding hydrogens is 334 g/mol. The van der Waals surface area contributed by atoms with Gasteiger partial charge >= 0.3 is 0 Å². The lowest BCUT2D eigenvalue weighted by Crippen LogP contribution is -2.26. The summed E-state index contributed by atoms with van der Waals surface area (Å²) in [6, 6.07) is 12.6. The zero-order chi connectivity index (χ0) is 18.7. The first-order valence-electron chi connectivity index (χ1n) is 8.17. The molecule has 1 aromatic heterocycles. The smallest absolute Gasteiger partial charge is 0.255 e. The van der Waals surface area contributed by atoms with E-state index in [-0.39, 0.29) is 11.9 Å². The molecule has 0 spiro atoms. The Morgan fingerprint density at radius 1 is 1.00 bits per heavy atom. The van der Waals surface area contributed by atoms with Gasteiger partial charge < -0.3 is 23.9 Å². The van der Waals surface area contributed by atoms with Gasteiger partial charge in [0.05, 0.1) is 32.9 Å². The molecule has 3 aromatic rings. The van der Waals surface area contributed by atoms with Gasteiger partial charge in [0, 0.05) is 5.39 Å². The van der Waals surface area contributed by atoms with Gasteiger partial charge in [0.1, 0.15) is 11.3 Å². The minimum atomic E-state index is -0.312. The fraction of sp³-hybridized carbons (Fsp3) is 0.250. The maximum absolute atomic E-state index is 12.8. The van der Waals surface area contributed by atoms with E-state index in [9.17, 15) is 4.79 Å². The van der Waals surface area contributed by atoms with Gasteiger partial charge in [0.15, 0.2) is 11.5 Å². The van der Waals surface area contributed by atoms with Crippen molar-refractivity contribution >= 4 is 16.9 Å². The van der Waals surface area contributed by atoms with E-state index in [1.807, 2.05) is 37.3 Å². The van der Waals surface area contributed by atoms with Crippen molar-refractivity contribution < 1.29 is 23.4 Å². The molecule has 26 heavy (non-hydrogen) atoms. The highest BCUT2D eigenvalue weighted by atomic mass is 16.5. The summed E-state index contributed by atoms with van der Waals surface area (Å²) in [4.78, 5) is 12.8.